The molecule has 2 aromatic carbocycles. The number of rotatable bonds is 7. The molecule has 0 spiro atoms. The lowest BCUT2D eigenvalue weighted by molar-refractivity contribution is -0.171. The zero-order chi connectivity index (χ0) is 24.9. The molecule has 1 aliphatic heterocycles. The summed E-state index contributed by atoms with van der Waals surface area (Å²) in [6.45, 7) is 4.79. The molecule has 10 nitrogen and oxygen atoms in total. The van der Waals surface area contributed by atoms with E-state index in [1.807, 2.05) is 0 Å². The standard InChI is InChI=1S/C24H24N2O8/c1-24(2,3)33-23(31)25-18(22(30)32-14-15-9-5-4-6-10-15)13-19(27)34-26-20(28)16-11-7-8-12-17(16)21(26)29/h4-12,18H,13-14H2,1-3H3,(H,25,31)/t18-/m0/s1. The van der Waals surface area contributed by atoms with E-state index in [-0.39, 0.29) is 17.7 Å². The van der Waals surface area contributed by atoms with Crippen LogP contribution in [0.1, 0.15) is 53.5 Å². The zero-order valence-corrected chi connectivity index (χ0v) is 18.9. The van der Waals surface area contributed by atoms with Gasteiger partial charge in [-0.1, -0.05) is 47.5 Å². The molecule has 0 saturated carbocycles. The maximum Gasteiger partial charge on any atom is 0.408 e. The molecule has 0 unspecified atom stereocenters. The summed E-state index contributed by atoms with van der Waals surface area (Å²) in [5.74, 6) is -3.64. The van der Waals surface area contributed by atoms with E-state index in [4.69, 9.17) is 14.3 Å². The predicted molar refractivity (Wildman–Crippen MR) is 117 cm³/mol. The van der Waals surface area contributed by atoms with Crippen molar-refractivity contribution in [3.63, 3.8) is 0 Å². The molecule has 34 heavy (non-hydrogen) atoms. The maximum absolute atomic E-state index is 12.6. The second-order valence-electron chi connectivity index (χ2n) is 8.41. The quantitative estimate of drug-likeness (QED) is 0.485. The molecular weight excluding hydrogens is 444 g/mol. The SMILES string of the molecule is CC(C)(C)OC(=O)N[C@@H](CC(=O)ON1C(=O)c2ccccc2C1=O)C(=O)OCc1ccccc1. The van der Waals surface area contributed by atoms with Crippen molar-refractivity contribution in [2.75, 3.05) is 0 Å². The summed E-state index contributed by atoms with van der Waals surface area (Å²) in [4.78, 5) is 67.1. The molecule has 0 fully saturated rings. The number of esters is 1. The van der Waals surface area contributed by atoms with E-state index in [1.165, 1.54) is 12.1 Å². The predicted octanol–water partition coefficient (Wildman–Crippen LogP) is 2.77. The van der Waals surface area contributed by atoms with Crippen LogP contribution in [0.15, 0.2) is 54.6 Å². The van der Waals surface area contributed by atoms with Gasteiger partial charge in [0.25, 0.3) is 11.8 Å². The lowest BCUT2D eigenvalue weighted by Gasteiger charge is -2.23. The number of imide groups is 1. The molecule has 2 aromatic rings. The molecule has 1 atom stereocenters. The van der Waals surface area contributed by atoms with Gasteiger partial charge in [-0.2, -0.15) is 0 Å². The lowest BCUT2D eigenvalue weighted by atomic mass is 10.1. The Bertz CT molecular complexity index is 1070. The number of hydroxylamine groups is 2. The number of hydrogen-bond acceptors (Lipinski definition) is 8. The zero-order valence-electron chi connectivity index (χ0n) is 18.9. The van der Waals surface area contributed by atoms with Crippen LogP contribution in [0.25, 0.3) is 0 Å². The highest BCUT2D eigenvalue weighted by Crippen LogP contribution is 2.23. The summed E-state index contributed by atoms with van der Waals surface area (Å²) in [7, 11) is 0. The fourth-order valence-electron chi connectivity index (χ4n) is 3.03. The number of carbonyl (C=O) groups excluding carboxylic acids is 5. The van der Waals surface area contributed by atoms with E-state index >= 15 is 0 Å². The third-order valence-corrected chi connectivity index (χ3v) is 4.52. The van der Waals surface area contributed by atoms with Crippen molar-refractivity contribution in [3.05, 3.63) is 71.3 Å². The number of benzene rings is 2. The highest BCUT2D eigenvalue weighted by Gasteiger charge is 2.39. The summed E-state index contributed by atoms with van der Waals surface area (Å²) in [5.41, 5.74) is 0.0148. The number of fused-ring (bicyclic) bond motifs is 1. The molecule has 3 rings (SSSR count). The van der Waals surface area contributed by atoms with Gasteiger partial charge in [0.2, 0.25) is 0 Å². The van der Waals surface area contributed by atoms with Crippen LogP contribution in [-0.4, -0.2) is 46.6 Å². The van der Waals surface area contributed by atoms with Gasteiger partial charge in [0.05, 0.1) is 17.5 Å². The molecule has 1 aliphatic rings. The minimum Gasteiger partial charge on any atom is -0.459 e. The fourth-order valence-corrected chi connectivity index (χ4v) is 3.03. The molecule has 1 heterocycles. The summed E-state index contributed by atoms with van der Waals surface area (Å²) in [6, 6.07) is 13.3. The van der Waals surface area contributed by atoms with Gasteiger partial charge in [-0.3, -0.25) is 9.59 Å². The fraction of sp³-hybridized carbons (Fsp3) is 0.292. The Hall–Kier alpha value is -4.21. The van der Waals surface area contributed by atoms with Crippen LogP contribution >= 0.6 is 0 Å². The number of ether oxygens (including phenoxy) is 2. The molecule has 0 bridgehead atoms. The summed E-state index contributed by atoms with van der Waals surface area (Å²) in [6.07, 6.45) is -1.66. The van der Waals surface area contributed by atoms with E-state index in [0.717, 1.165) is 0 Å². The van der Waals surface area contributed by atoms with Gasteiger partial charge in [0.15, 0.2) is 0 Å². The summed E-state index contributed by atoms with van der Waals surface area (Å²) >= 11 is 0. The third kappa shape index (κ3) is 6.18. The average molecular weight is 468 g/mol. The average Bonchev–Trinajstić information content (AvgIpc) is 3.01. The smallest absolute Gasteiger partial charge is 0.408 e. The lowest BCUT2D eigenvalue weighted by Crippen LogP contribution is -2.46. The van der Waals surface area contributed by atoms with E-state index in [9.17, 15) is 24.0 Å². The van der Waals surface area contributed by atoms with E-state index < -0.39 is 47.9 Å². The minimum absolute atomic E-state index is 0.0889. The Kier molecular flexibility index (Phi) is 7.30. The topological polar surface area (TPSA) is 128 Å². The number of nitrogens with one attached hydrogen (secondary N) is 1. The van der Waals surface area contributed by atoms with Crippen LogP contribution in [0.4, 0.5) is 4.79 Å². The molecule has 0 radical (unpaired) electrons. The molecular formula is C24H24N2O8. The van der Waals surface area contributed by atoms with Crippen molar-refractivity contribution in [3.8, 4) is 0 Å². The van der Waals surface area contributed by atoms with Crippen molar-refractivity contribution >= 4 is 29.8 Å². The van der Waals surface area contributed by atoms with Crippen LogP contribution < -0.4 is 5.32 Å². The monoisotopic (exact) mass is 468 g/mol. The van der Waals surface area contributed by atoms with Crippen molar-refractivity contribution in [2.24, 2.45) is 0 Å². The number of carbonyl (C=O) groups is 5. The first-order chi connectivity index (χ1) is 16.0. The second kappa shape index (κ2) is 10.2. The van der Waals surface area contributed by atoms with Crippen molar-refractivity contribution in [1.29, 1.82) is 0 Å². The highest BCUT2D eigenvalue weighted by molar-refractivity contribution is 6.20. The molecule has 0 aromatic heterocycles. The Morgan fingerprint density at radius 3 is 2.03 bits per heavy atom. The first kappa shape index (κ1) is 24.4. The second-order valence-corrected chi connectivity index (χ2v) is 8.41. The minimum atomic E-state index is -1.48. The normalized spacial score (nSPS) is 13.7. The molecule has 0 aliphatic carbocycles. The summed E-state index contributed by atoms with van der Waals surface area (Å²) in [5, 5.41) is 2.61. The first-order valence-electron chi connectivity index (χ1n) is 10.4. The molecule has 1 N–H and O–H groups in total. The van der Waals surface area contributed by atoms with Crippen LogP contribution in [0, 0.1) is 0 Å². The van der Waals surface area contributed by atoms with Gasteiger partial charge < -0.3 is 19.6 Å². The van der Waals surface area contributed by atoms with Crippen LogP contribution in [0.3, 0.4) is 0 Å². The maximum atomic E-state index is 12.6. The van der Waals surface area contributed by atoms with Gasteiger partial charge in [-0.25, -0.2) is 14.4 Å². The van der Waals surface area contributed by atoms with Gasteiger partial charge in [-0.15, -0.1) is 0 Å². The number of hydrogen-bond donors (Lipinski definition) is 1. The van der Waals surface area contributed by atoms with Crippen LogP contribution in [-0.2, 0) is 30.5 Å². The van der Waals surface area contributed by atoms with E-state index in [2.05, 4.69) is 5.32 Å². The first-order valence-corrected chi connectivity index (χ1v) is 10.4. The highest BCUT2D eigenvalue weighted by atomic mass is 16.7. The van der Waals surface area contributed by atoms with Crippen LogP contribution in [0.2, 0.25) is 0 Å². The Balaban J connectivity index is 1.67. The van der Waals surface area contributed by atoms with Gasteiger partial charge in [0.1, 0.15) is 18.2 Å². The van der Waals surface area contributed by atoms with E-state index in [1.54, 1.807) is 63.2 Å². The van der Waals surface area contributed by atoms with Crippen molar-refractivity contribution in [2.45, 2.75) is 45.4 Å². The Labute approximate surface area is 195 Å². The number of alkyl carbamates (subject to hydrolysis) is 1. The Morgan fingerprint density at radius 2 is 1.47 bits per heavy atom. The van der Waals surface area contributed by atoms with Gasteiger partial charge in [0, 0.05) is 0 Å². The number of amides is 3. The van der Waals surface area contributed by atoms with Crippen molar-refractivity contribution < 1.29 is 38.3 Å². The Morgan fingerprint density at radius 1 is 0.912 bits per heavy atom. The van der Waals surface area contributed by atoms with Crippen LogP contribution in [0.5, 0.6) is 0 Å². The number of nitrogens with zero attached hydrogens (tertiary/aromatic N) is 1. The largest absolute Gasteiger partial charge is 0.459 e. The van der Waals surface area contributed by atoms with Crippen molar-refractivity contribution in [1.82, 2.24) is 10.4 Å². The molecule has 3 amide bonds. The summed E-state index contributed by atoms with van der Waals surface area (Å²) < 4.78 is 10.4. The molecule has 10 heteroatoms. The third-order valence-electron chi connectivity index (χ3n) is 4.52. The molecule has 0 saturated heterocycles. The van der Waals surface area contributed by atoms with Gasteiger partial charge in [-0.05, 0) is 38.5 Å². The molecule has 178 valence electrons. The van der Waals surface area contributed by atoms with E-state index in [0.29, 0.717) is 10.6 Å². The van der Waals surface area contributed by atoms with Gasteiger partial charge >= 0.3 is 18.0 Å².